The molecule has 0 unspecified atom stereocenters. The molecule has 1 aliphatic rings. The van der Waals surface area contributed by atoms with E-state index in [0.29, 0.717) is 5.52 Å². The number of piperazine rings is 1. The minimum atomic E-state index is -3.94. The van der Waals surface area contributed by atoms with Crippen molar-refractivity contribution in [3.63, 3.8) is 0 Å². The first-order chi connectivity index (χ1) is 13.8. The van der Waals surface area contributed by atoms with Crippen LogP contribution in [-0.2, 0) is 19.9 Å². The largest absolute Gasteiger partial charge is 0.368 e. The molecule has 0 radical (unpaired) electrons. The van der Waals surface area contributed by atoms with Crippen molar-refractivity contribution in [1.29, 1.82) is 0 Å². The number of rotatable bonds is 5. The number of anilines is 1. The van der Waals surface area contributed by atoms with E-state index in [-0.39, 0.29) is 15.5 Å². The van der Waals surface area contributed by atoms with Crippen LogP contribution in [0.25, 0.3) is 10.9 Å². The molecule has 1 aromatic heterocycles. The van der Waals surface area contributed by atoms with Gasteiger partial charge < -0.3 is 10.2 Å². The first kappa shape index (κ1) is 19.9. The lowest BCUT2D eigenvalue weighted by molar-refractivity contribution is 0.588. The quantitative estimate of drug-likeness (QED) is 0.663. The van der Waals surface area contributed by atoms with E-state index in [9.17, 15) is 16.8 Å². The summed E-state index contributed by atoms with van der Waals surface area (Å²) in [5, 5.41) is 4.17. The second-order valence-corrected chi connectivity index (χ2v) is 11.0. The maximum atomic E-state index is 13.3. The molecule has 0 spiro atoms. The molecule has 2 heterocycles. The fraction of sp³-hybridized carbons (Fsp3) is 0.300. The smallest absolute Gasteiger partial charge is 0.268 e. The lowest BCUT2D eigenvalue weighted by atomic mass is 10.2. The average Bonchev–Trinajstić information content (AvgIpc) is 3.19. The Morgan fingerprint density at radius 2 is 1.62 bits per heavy atom. The SMILES string of the molecule is CCS(=O)(=O)c1cccc(S(=O)(=O)n2ccc3c(N4CCNCC4)cccc32)c1. The molecular formula is C20H23N3O4S2. The molecule has 1 aliphatic heterocycles. The summed E-state index contributed by atoms with van der Waals surface area (Å²) in [7, 11) is -7.44. The van der Waals surface area contributed by atoms with E-state index in [1.165, 1.54) is 41.4 Å². The van der Waals surface area contributed by atoms with Gasteiger partial charge in [-0.05, 0) is 36.4 Å². The van der Waals surface area contributed by atoms with Gasteiger partial charge in [0.2, 0.25) is 0 Å². The number of nitrogens with zero attached hydrogens (tertiary/aromatic N) is 2. The summed E-state index contributed by atoms with van der Waals surface area (Å²) in [6.45, 7) is 5.01. The first-order valence-corrected chi connectivity index (χ1v) is 12.6. The average molecular weight is 434 g/mol. The summed E-state index contributed by atoms with van der Waals surface area (Å²) < 4.78 is 52.2. The van der Waals surface area contributed by atoms with Crippen molar-refractivity contribution in [1.82, 2.24) is 9.29 Å². The Morgan fingerprint density at radius 3 is 2.34 bits per heavy atom. The van der Waals surface area contributed by atoms with Crippen molar-refractivity contribution in [3.05, 3.63) is 54.7 Å². The molecule has 0 atom stereocenters. The van der Waals surface area contributed by atoms with Gasteiger partial charge in [0.15, 0.2) is 9.84 Å². The van der Waals surface area contributed by atoms with Crippen LogP contribution in [0.4, 0.5) is 5.69 Å². The van der Waals surface area contributed by atoms with E-state index < -0.39 is 19.9 Å². The number of hydrogen-bond acceptors (Lipinski definition) is 6. The van der Waals surface area contributed by atoms with Crippen molar-refractivity contribution >= 4 is 36.5 Å². The summed E-state index contributed by atoms with van der Waals surface area (Å²) >= 11 is 0. The van der Waals surface area contributed by atoms with Crippen LogP contribution >= 0.6 is 0 Å². The Labute approximate surface area is 170 Å². The third kappa shape index (κ3) is 3.54. The second-order valence-electron chi connectivity index (χ2n) is 6.94. The van der Waals surface area contributed by atoms with Crippen LogP contribution in [0, 0.1) is 0 Å². The number of aromatic nitrogens is 1. The lowest BCUT2D eigenvalue weighted by Gasteiger charge is -2.30. The van der Waals surface area contributed by atoms with Gasteiger partial charge in [0.25, 0.3) is 10.0 Å². The minimum absolute atomic E-state index is 0.0130. The van der Waals surface area contributed by atoms with Crippen molar-refractivity contribution < 1.29 is 16.8 Å². The first-order valence-electron chi connectivity index (χ1n) is 9.49. The van der Waals surface area contributed by atoms with Gasteiger partial charge in [-0.1, -0.05) is 19.1 Å². The molecule has 29 heavy (non-hydrogen) atoms. The minimum Gasteiger partial charge on any atom is -0.368 e. The van der Waals surface area contributed by atoms with E-state index in [1.807, 2.05) is 12.1 Å². The molecule has 0 aliphatic carbocycles. The van der Waals surface area contributed by atoms with E-state index in [0.717, 1.165) is 37.3 Å². The number of nitrogens with one attached hydrogen (secondary N) is 1. The molecule has 0 amide bonds. The summed E-state index contributed by atoms with van der Waals surface area (Å²) in [5.41, 5.74) is 1.57. The third-order valence-electron chi connectivity index (χ3n) is 5.23. The highest BCUT2D eigenvalue weighted by Crippen LogP contribution is 2.31. The normalized spacial score (nSPS) is 15.7. The van der Waals surface area contributed by atoms with Gasteiger partial charge in [-0.25, -0.2) is 20.8 Å². The molecule has 3 aromatic rings. The Balaban J connectivity index is 1.82. The Kier molecular flexibility index (Phi) is 5.14. The van der Waals surface area contributed by atoms with Gasteiger partial charge in [0.1, 0.15) is 0 Å². The van der Waals surface area contributed by atoms with Crippen LogP contribution < -0.4 is 10.2 Å². The van der Waals surface area contributed by atoms with Crippen molar-refractivity contribution in [3.8, 4) is 0 Å². The number of sulfone groups is 1. The van der Waals surface area contributed by atoms with Gasteiger partial charge >= 0.3 is 0 Å². The molecule has 1 N–H and O–H groups in total. The molecule has 1 fully saturated rings. The molecule has 0 bridgehead atoms. The Morgan fingerprint density at radius 1 is 0.931 bits per heavy atom. The van der Waals surface area contributed by atoms with Gasteiger partial charge in [0, 0.05) is 43.4 Å². The molecule has 4 rings (SSSR count). The van der Waals surface area contributed by atoms with Crippen LogP contribution in [0.1, 0.15) is 6.92 Å². The number of benzene rings is 2. The van der Waals surface area contributed by atoms with Gasteiger partial charge in [0.05, 0.1) is 21.1 Å². The highest BCUT2D eigenvalue weighted by molar-refractivity contribution is 7.91. The van der Waals surface area contributed by atoms with E-state index in [2.05, 4.69) is 10.2 Å². The van der Waals surface area contributed by atoms with Gasteiger partial charge in [-0.3, -0.25) is 0 Å². The molecule has 1 saturated heterocycles. The van der Waals surface area contributed by atoms with Crippen LogP contribution in [0.5, 0.6) is 0 Å². The zero-order valence-corrected chi connectivity index (χ0v) is 17.7. The van der Waals surface area contributed by atoms with Crippen LogP contribution in [0.15, 0.2) is 64.5 Å². The van der Waals surface area contributed by atoms with Crippen LogP contribution in [-0.4, -0.2) is 52.7 Å². The summed E-state index contributed by atoms with van der Waals surface area (Å²) in [6.07, 6.45) is 1.53. The molecule has 154 valence electrons. The predicted octanol–water partition coefficient (Wildman–Crippen LogP) is 2.08. The predicted molar refractivity (Wildman–Crippen MR) is 114 cm³/mol. The van der Waals surface area contributed by atoms with Crippen molar-refractivity contribution in [2.45, 2.75) is 16.7 Å². The second kappa shape index (κ2) is 7.47. The maximum Gasteiger partial charge on any atom is 0.268 e. The Bertz CT molecular complexity index is 1260. The highest BCUT2D eigenvalue weighted by atomic mass is 32.2. The highest BCUT2D eigenvalue weighted by Gasteiger charge is 2.23. The molecule has 2 aromatic carbocycles. The van der Waals surface area contributed by atoms with Crippen LogP contribution in [0.3, 0.4) is 0 Å². The molecule has 7 nitrogen and oxygen atoms in total. The van der Waals surface area contributed by atoms with Gasteiger partial charge in [-0.2, -0.15) is 0 Å². The molecule has 0 saturated carbocycles. The number of hydrogen-bond donors (Lipinski definition) is 1. The maximum absolute atomic E-state index is 13.3. The lowest BCUT2D eigenvalue weighted by Crippen LogP contribution is -2.43. The standard InChI is InChI=1S/C20H23N3O4S2/c1-2-28(24,25)16-5-3-6-17(15-16)29(26,27)23-12-9-18-19(7-4-8-20(18)23)22-13-10-21-11-14-22/h3-9,12,15,21H,2,10-11,13-14H2,1H3. The Hall–Kier alpha value is -2.36. The molecular weight excluding hydrogens is 410 g/mol. The summed E-state index contributed by atoms with van der Waals surface area (Å²) in [4.78, 5) is 2.21. The number of fused-ring (bicyclic) bond motifs is 1. The third-order valence-corrected chi connectivity index (χ3v) is 8.65. The van der Waals surface area contributed by atoms with Crippen molar-refractivity contribution in [2.75, 3.05) is 36.8 Å². The van der Waals surface area contributed by atoms with Gasteiger partial charge in [-0.15, -0.1) is 0 Å². The summed E-state index contributed by atoms with van der Waals surface area (Å²) in [6, 6.07) is 13.0. The zero-order valence-electron chi connectivity index (χ0n) is 16.1. The van der Waals surface area contributed by atoms with Crippen molar-refractivity contribution in [2.24, 2.45) is 0 Å². The summed E-state index contributed by atoms with van der Waals surface area (Å²) in [5.74, 6) is -0.0863. The fourth-order valence-corrected chi connectivity index (χ4v) is 6.02. The van der Waals surface area contributed by atoms with E-state index >= 15 is 0 Å². The van der Waals surface area contributed by atoms with Crippen LogP contribution in [0.2, 0.25) is 0 Å². The zero-order chi connectivity index (χ0) is 20.6. The van der Waals surface area contributed by atoms with E-state index in [1.54, 1.807) is 12.1 Å². The van der Waals surface area contributed by atoms with E-state index in [4.69, 9.17) is 0 Å². The topological polar surface area (TPSA) is 88.5 Å². The molecule has 9 heteroatoms. The monoisotopic (exact) mass is 433 g/mol. The fourth-order valence-electron chi connectivity index (χ4n) is 3.63.